The van der Waals surface area contributed by atoms with Crippen molar-refractivity contribution in [3.63, 3.8) is 0 Å². The average Bonchev–Trinajstić information content (AvgIpc) is 2.68. The van der Waals surface area contributed by atoms with Gasteiger partial charge in [0.05, 0.1) is 6.67 Å². The zero-order valence-electron chi connectivity index (χ0n) is 11.8. The van der Waals surface area contributed by atoms with Crippen LogP contribution in [0, 0.1) is 0 Å². The Morgan fingerprint density at radius 2 is 1.74 bits per heavy atom. The molecule has 0 saturated heterocycles. The molecule has 0 bridgehead atoms. The fraction of sp³-hybridized carbons (Fsp3) is 0.667. The zero-order valence-corrected chi connectivity index (χ0v) is 14.2. The van der Waals surface area contributed by atoms with E-state index in [0.717, 1.165) is 25.2 Å². The molecule has 1 aliphatic rings. The summed E-state index contributed by atoms with van der Waals surface area (Å²) in [4.78, 5) is 28.1. The molecule has 19 heavy (non-hydrogen) atoms. The maximum Gasteiger partial charge on any atom is 0.332 e. The van der Waals surface area contributed by atoms with Crippen molar-refractivity contribution in [2.24, 2.45) is 14.1 Å². The van der Waals surface area contributed by atoms with Crippen LogP contribution in [0.15, 0.2) is 9.59 Å². The molecular formula is C12H21IN4O2. The van der Waals surface area contributed by atoms with E-state index < -0.39 is 0 Å². The summed E-state index contributed by atoms with van der Waals surface area (Å²) in [6, 6.07) is 0. The van der Waals surface area contributed by atoms with Gasteiger partial charge in [0.2, 0.25) is 0 Å². The highest BCUT2D eigenvalue weighted by atomic mass is 127. The molecule has 108 valence electrons. The molecule has 0 N–H and O–H groups in total. The molecule has 1 aromatic rings. The van der Waals surface area contributed by atoms with Crippen molar-refractivity contribution < 1.29 is 0 Å². The van der Waals surface area contributed by atoms with Crippen molar-refractivity contribution >= 4 is 35.5 Å². The summed E-state index contributed by atoms with van der Waals surface area (Å²) in [5.74, 6) is 0.721. The molecule has 0 aliphatic carbocycles. The molecule has 2 heterocycles. The fourth-order valence-electron chi connectivity index (χ4n) is 2.45. The minimum absolute atomic E-state index is 0. The van der Waals surface area contributed by atoms with Crippen LogP contribution in [0.4, 0.5) is 11.5 Å². The van der Waals surface area contributed by atoms with E-state index in [1.165, 1.54) is 11.6 Å². The number of anilines is 2. The van der Waals surface area contributed by atoms with Crippen LogP contribution in [0.3, 0.4) is 0 Å². The first-order chi connectivity index (χ1) is 8.49. The summed E-state index contributed by atoms with van der Waals surface area (Å²) in [7, 11) is 5.14. The van der Waals surface area contributed by atoms with Gasteiger partial charge in [0, 0.05) is 27.7 Å². The van der Waals surface area contributed by atoms with Crippen LogP contribution >= 0.6 is 24.0 Å². The van der Waals surface area contributed by atoms with Crippen LogP contribution in [0.25, 0.3) is 0 Å². The molecule has 0 saturated carbocycles. The SMILES string of the molecule is CCCCN1CN(C)c2c1c(=O)n(C)c(=O)n2C.I. The van der Waals surface area contributed by atoms with E-state index in [2.05, 4.69) is 11.8 Å². The molecule has 0 unspecified atom stereocenters. The Kier molecular flexibility index (Phi) is 5.05. The quantitative estimate of drug-likeness (QED) is 0.726. The molecule has 0 spiro atoms. The Morgan fingerprint density at radius 3 is 2.32 bits per heavy atom. The van der Waals surface area contributed by atoms with Gasteiger partial charge < -0.3 is 9.80 Å². The van der Waals surface area contributed by atoms with Gasteiger partial charge in [-0.2, -0.15) is 0 Å². The van der Waals surface area contributed by atoms with Crippen LogP contribution < -0.4 is 21.0 Å². The number of rotatable bonds is 3. The number of hydrogen-bond acceptors (Lipinski definition) is 4. The van der Waals surface area contributed by atoms with Crippen LogP contribution in [-0.2, 0) is 14.1 Å². The predicted molar refractivity (Wildman–Crippen MR) is 87.9 cm³/mol. The number of halogens is 1. The molecule has 1 aliphatic heterocycles. The van der Waals surface area contributed by atoms with Gasteiger partial charge in [0.1, 0.15) is 11.5 Å². The lowest BCUT2D eigenvalue weighted by atomic mass is 10.3. The minimum atomic E-state index is -0.275. The van der Waals surface area contributed by atoms with Gasteiger partial charge in [-0.1, -0.05) is 13.3 Å². The number of aromatic nitrogens is 2. The minimum Gasteiger partial charge on any atom is -0.346 e. The molecule has 2 rings (SSSR count). The first-order valence-corrected chi connectivity index (χ1v) is 6.25. The van der Waals surface area contributed by atoms with Gasteiger partial charge >= 0.3 is 5.69 Å². The van der Waals surface area contributed by atoms with E-state index in [9.17, 15) is 9.59 Å². The summed E-state index contributed by atoms with van der Waals surface area (Å²) >= 11 is 0. The van der Waals surface area contributed by atoms with E-state index >= 15 is 0 Å². The molecule has 7 heteroatoms. The number of unbranched alkanes of at least 4 members (excludes halogenated alkanes) is 1. The van der Waals surface area contributed by atoms with E-state index in [1.807, 2.05) is 11.9 Å². The maximum absolute atomic E-state index is 12.2. The third-order valence-electron chi connectivity index (χ3n) is 3.45. The second-order valence-electron chi connectivity index (χ2n) is 4.83. The highest BCUT2D eigenvalue weighted by Gasteiger charge is 2.30. The summed E-state index contributed by atoms with van der Waals surface area (Å²) < 4.78 is 2.72. The lowest BCUT2D eigenvalue weighted by Gasteiger charge is -2.17. The monoisotopic (exact) mass is 380 g/mol. The van der Waals surface area contributed by atoms with Gasteiger partial charge in [0.25, 0.3) is 5.56 Å². The lowest BCUT2D eigenvalue weighted by Crippen LogP contribution is -2.39. The zero-order chi connectivity index (χ0) is 13.4. The van der Waals surface area contributed by atoms with Crippen molar-refractivity contribution in [2.45, 2.75) is 19.8 Å². The van der Waals surface area contributed by atoms with E-state index in [1.54, 1.807) is 11.6 Å². The fourth-order valence-corrected chi connectivity index (χ4v) is 2.45. The summed E-state index contributed by atoms with van der Waals surface area (Å²) in [6.45, 7) is 3.64. The van der Waals surface area contributed by atoms with E-state index in [-0.39, 0.29) is 35.2 Å². The highest BCUT2D eigenvalue weighted by molar-refractivity contribution is 14.0. The normalized spacial score (nSPS) is 13.5. The Balaban J connectivity index is 0.00000180. The van der Waals surface area contributed by atoms with Crippen LogP contribution in [0.1, 0.15) is 19.8 Å². The van der Waals surface area contributed by atoms with Crippen molar-refractivity contribution in [1.82, 2.24) is 9.13 Å². The molecule has 0 fully saturated rings. The second kappa shape index (κ2) is 5.98. The van der Waals surface area contributed by atoms with Crippen molar-refractivity contribution in [2.75, 3.05) is 30.1 Å². The van der Waals surface area contributed by atoms with Gasteiger partial charge in [-0.15, -0.1) is 24.0 Å². The number of fused-ring (bicyclic) bond motifs is 1. The average molecular weight is 380 g/mol. The molecule has 6 nitrogen and oxygen atoms in total. The smallest absolute Gasteiger partial charge is 0.332 e. The second-order valence-corrected chi connectivity index (χ2v) is 4.83. The summed E-state index contributed by atoms with van der Waals surface area (Å²) in [5.41, 5.74) is 0.173. The van der Waals surface area contributed by atoms with E-state index in [4.69, 9.17) is 0 Å². The molecular weight excluding hydrogens is 359 g/mol. The van der Waals surface area contributed by atoms with Crippen LogP contribution in [-0.4, -0.2) is 29.4 Å². The lowest BCUT2D eigenvalue weighted by molar-refractivity contribution is 0.688. The summed E-state index contributed by atoms with van der Waals surface area (Å²) in [5, 5.41) is 0. The maximum atomic E-state index is 12.2. The van der Waals surface area contributed by atoms with Gasteiger partial charge in [0.15, 0.2) is 0 Å². The third kappa shape index (κ3) is 2.52. The topological polar surface area (TPSA) is 50.5 Å². The van der Waals surface area contributed by atoms with E-state index in [0.29, 0.717) is 12.4 Å². The molecule has 0 radical (unpaired) electrons. The largest absolute Gasteiger partial charge is 0.346 e. The number of nitrogens with zero attached hydrogens (tertiary/aromatic N) is 4. The van der Waals surface area contributed by atoms with Crippen LogP contribution in [0.2, 0.25) is 0 Å². The molecule has 0 amide bonds. The predicted octanol–water partition coefficient (Wildman–Crippen LogP) is 0.716. The molecule has 0 aromatic carbocycles. The van der Waals surface area contributed by atoms with Gasteiger partial charge in [-0.05, 0) is 6.42 Å². The van der Waals surface area contributed by atoms with Gasteiger partial charge in [-0.25, -0.2) is 4.79 Å². The molecule has 1 aromatic heterocycles. The molecule has 0 atom stereocenters. The van der Waals surface area contributed by atoms with Crippen molar-refractivity contribution in [1.29, 1.82) is 0 Å². The Labute approximate surface area is 129 Å². The van der Waals surface area contributed by atoms with Crippen LogP contribution in [0.5, 0.6) is 0 Å². The van der Waals surface area contributed by atoms with Crippen molar-refractivity contribution in [3.05, 3.63) is 20.8 Å². The third-order valence-corrected chi connectivity index (χ3v) is 3.45. The first kappa shape index (κ1) is 16.1. The Hall–Kier alpha value is -0.990. The Bertz CT molecular complexity index is 578. The van der Waals surface area contributed by atoms with Crippen molar-refractivity contribution in [3.8, 4) is 0 Å². The summed E-state index contributed by atoms with van der Waals surface area (Å²) in [6.07, 6.45) is 2.13. The highest BCUT2D eigenvalue weighted by Crippen LogP contribution is 2.29. The number of hydrogen-bond donors (Lipinski definition) is 0. The first-order valence-electron chi connectivity index (χ1n) is 6.25. The van der Waals surface area contributed by atoms with Gasteiger partial charge in [-0.3, -0.25) is 13.9 Å². The standard InChI is InChI=1S/C12H20N4O2.HI/c1-5-6-7-16-8-13(2)10-9(16)11(17)15(4)12(18)14(10)3;/h5-8H2,1-4H3;1H. The Morgan fingerprint density at radius 1 is 1.11 bits per heavy atom.